The number of halogens is 4. The molecule has 2 fully saturated rings. The third-order valence-electron chi connectivity index (χ3n) is 6.92. The summed E-state index contributed by atoms with van der Waals surface area (Å²) in [5, 5.41) is 3.37. The van der Waals surface area contributed by atoms with Gasteiger partial charge in [0.15, 0.2) is 0 Å². The molecule has 2 aliphatic rings. The van der Waals surface area contributed by atoms with Gasteiger partial charge in [0, 0.05) is 18.3 Å². The molecule has 1 N–H and O–H groups in total. The number of ether oxygens (including phenoxy) is 1. The van der Waals surface area contributed by atoms with Crippen molar-refractivity contribution in [3.05, 3.63) is 57.5 Å². The van der Waals surface area contributed by atoms with E-state index in [1.165, 1.54) is 27.8 Å². The quantitative estimate of drug-likeness (QED) is 0.472. The van der Waals surface area contributed by atoms with Crippen LogP contribution in [0.15, 0.2) is 29.2 Å². The summed E-state index contributed by atoms with van der Waals surface area (Å²) in [7, 11) is 0. The maximum absolute atomic E-state index is 14.9. The van der Waals surface area contributed by atoms with Crippen molar-refractivity contribution in [1.29, 1.82) is 0 Å². The van der Waals surface area contributed by atoms with Gasteiger partial charge >= 0.3 is 0 Å². The van der Waals surface area contributed by atoms with Crippen molar-refractivity contribution >= 4 is 28.3 Å². The first-order chi connectivity index (χ1) is 17.7. The molecule has 3 aromatic rings. The Labute approximate surface area is 209 Å². The van der Waals surface area contributed by atoms with Crippen molar-refractivity contribution < 1.29 is 27.1 Å². The number of rotatable bonds is 7. The SMILES string of the molecule is Cc1nc(NC(C)c2cccc(C(F)F)c2F)c2cn(C3(CF)CC3)c(=O)c(N3CCOCC3=O)c2n1. The molecule has 2 aromatic heterocycles. The lowest BCUT2D eigenvalue weighted by atomic mass is 10.0. The Balaban J connectivity index is 1.69. The molecule has 1 saturated heterocycles. The minimum absolute atomic E-state index is 0.00142. The van der Waals surface area contributed by atoms with Gasteiger partial charge in [-0.2, -0.15) is 0 Å². The van der Waals surface area contributed by atoms with E-state index in [-0.39, 0.29) is 48.2 Å². The Hall–Kier alpha value is -3.54. The van der Waals surface area contributed by atoms with Crippen molar-refractivity contribution in [3.8, 4) is 0 Å². The van der Waals surface area contributed by atoms with Crippen LogP contribution in [0.3, 0.4) is 0 Å². The highest BCUT2D eigenvalue weighted by atomic mass is 19.3. The number of hydrogen-bond acceptors (Lipinski definition) is 6. The molecule has 37 heavy (non-hydrogen) atoms. The summed E-state index contributed by atoms with van der Waals surface area (Å²) in [6.45, 7) is 2.52. The van der Waals surface area contributed by atoms with E-state index in [4.69, 9.17) is 4.74 Å². The van der Waals surface area contributed by atoms with Crippen LogP contribution in [-0.2, 0) is 15.1 Å². The van der Waals surface area contributed by atoms with Crippen LogP contribution in [0.2, 0.25) is 0 Å². The number of amides is 1. The van der Waals surface area contributed by atoms with E-state index >= 15 is 0 Å². The van der Waals surface area contributed by atoms with E-state index < -0.39 is 47.5 Å². The van der Waals surface area contributed by atoms with Crippen LogP contribution < -0.4 is 15.8 Å². The number of carbonyl (C=O) groups excluding carboxylic acids is 1. The van der Waals surface area contributed by atoms with Crippen LogP contribution in [-0.4, -0.2) is 46.9 Å². The van der Waals surface area contributed by atoms with E-state index in [0.29, 0.717) is 18.2 Å². The highest BCUT2D eigenvalue weighted by molar-refractivity contribution is 6.04. The fourth-order valence-corrected chi connectivity index (χ4v) is 4.68. The van der Waals surface area contributed by atoms with Crippen LogP contribution in [0.25, 0.3) is 10.9 Å². The van der Waals surface area contributed by atoms with Gasteiger partial charge in [0.2, 0.25) is 0 Å². The number of alkyl halides is 3. The molecule has 0 radical (unpaired) electrons. The Morgan fingerprint density at radius 2 is 1.92 bits per heavy atom. The molecule has 196 valence electrons. The van der Waals surface area contributed by atoms with E-state index in [1.54, 1.807) is 13.8 Å². The standard InChI is InChI=1S/C25H25F4N5O3/c1-13(15-4-3-5-16(19(15)27)22(28)29)30-23-17-10-34(25(12-26)6-7-25)24(36)21(20(17)31-14(2)32-23)33-8-9-37-11-18(33)35/h3-5,10,13,22H,6-9,11-12H2,1-2H3,(H,30,31,32). The van der Waals surface area contributed by atoms with Crippen LogP contribution in [0, 0.1) is 12.7 Å². The zero-order valence-corrected chi connectivity index (χ0v) is 20.2. The monoisotopic (exact) mass is 519 g/mol. The minimum atomic E-state index is -2.98. The summed E-state index contributed by atoms with van der Waals surface area (Å²) >= 11 is 0. The smallest absolute Gasteiger partial charge is 0.277 e. The van der Waals surface area contributed by atoms with Gasteiger partial charge in [-0.3, -0.25) is 9.59 Å². The third kappa shape index (κ3) is 4.32. The fraction of sp³-hybridized carbons (Fsp3) is 0.440. The number of nitrogens with zero attached hydrogens (tertiary/aromatic N) is 4. The highest BCUT2D eigenvalue weighted by Crippen LogP contribution is 2.44. The van der Waals surface area contributed by atoms with E-state index in [2.05, 4.69) is 15.3 Å². The maximum atomic E-state index is 14.9. The van der Waals surface area contributed by atoms with E-state index in [0.717, 1.165) is 6.07 Å². The summed E-state index contributed by atoms with van der Waals surface area (Å²) in [5.74, 6) is -1.01. The predicted octanol–water partition coefficient (Wildman–Crippen LogP) is 4.17. The van der Waals surface area contributed by atoms with Crippen LogP contribution in [0.1, 0.15) is 49.2 Å². The molecule has 1 atom stereocenters. The summed E-state index contributed by atoms with van der Waals surface area (Å²) in [6, 6.07) is 2.96. The van der Waals surface area contributed by atoms with Crippen molar-refractivity contribution in [2.75, 3.05) is 36.6 Å². The molecule has 12 heteroatoms. The number of aromatic nitrogens is 3. The number of nitrogens with one attached hydrogen (secondary N) is 1. The summed E-state index contributed by atoms with van der Waals surface area (Å²) < 4.78 is 62.0. The predicted molar refractivity (Wildman–Crippen MR) is 128 cm³/mol. The first-order valence-electron chi connectivity index (χ1n) is 11.9. The van der Waals surface area contributed by atoms with Gasteiger partial charge in [-0.1, -0.05) is 18.2 Å². The average molecular weight is 519 g/mol. The van der Waals surface area contributed by atoms with Gasteiger partial charge in [-0.25, -0.2) is 27.5 Å². The lowest BCUT2D eigenvalue weighted by Crippen LogP contribution is -2.46. The van der Waals surface area contributed by atoms with Crippen molar-refractivity contribution in [2.45, 2.75) is 44.7 Å². The molecule has 1 aliphatic carbocycles. The maximum Gasteiger partial charge on any atom is 0.277 e. The van der Waals surface area contributed by atoms with E-state index in [1.807, 2.05) is 0 Å². The van der Waals surface area contributed by atoms with Crippen molar-refractivity contribution in [3.63, 3.8) is 0 Å². The molecule has 1 aromatic carbocycles. The topological polar surface area (TPSA) is 89.4 Å². The number of morpholine rings is 1. The zero-order chi connectivity index (χ0) is 26.5. The van der Waals surface area contributed by atoms with Gasteiger partial charge in [0.25, 0.3) is 17.9 Å². The number of carbonyl (C=O) groups is 1. The molecule has 1 unspecified atom stereocenters. The molecule has 5 rings (SSSR count). The lowest BCUT2D eigenvalue weighted by Gasteiger charge is -2.29. The van der Waals surface area contributed by atoms with Gasteiger partial charge in [0.05, 0.1) is 29.1 Å². The Kier molecular flexibility index (Phi) is 6.38. The van der Waals surface area contributed by atoms with Crippen molar-refractivity contribution in [1.82, 2.24) is 14.5 Å². The Morgan fingerprint density at radius 3 is 2.57 bits per heavy atom. The molecule has 1 saturated carbocycles. The van der Waals surface area contributed by atoms with Gasteiger partial charge in [-0.05, 0) is 26.7 Å². The molecule has 0 bridgehead atoms. The molecule has 8 nitrogen and oxygen atoms in total. The summed E-state index contributed by atoms with van der Waals surface area (Å²) in [4.78, 5) is 36.5. The average Bonchev–Trinajstić information content (AvgIpc) is 3.65. The molecule has 1 amide bonds. The summed E-state index contributed by atoms with van der Waals surface area (Å²) in [6.07, 6.45) is -0.627. The molecule has 0 spiro atoms. The van der Waals surface area contributed by atoms with Gasteiger partial charge in [-0.15, -0.1) is 0 Å². The highest BCUT2D eigenvalue weighted by Gasteiger charge is 2.46. The second-order valence-corrected chi connectivity index (χ2v) is 9.41. The number of anilines is 2. The van der Waals surface area contributed by atoms with Gasteiger partial charge in [0.1, 0.15) is 41.9 Å². The Morgan fingerprint density at radius 1 is 1.19 bits per heavy atom. The largest absolute Gasteiger partial charge is 0.370 e. The first-order valence-corrected chi connectivity index (χ1v) is 11.9. The second kappa shape index (κ2) is 9.40. The number of hydrogen-bond donors (Lipinski definition) is 1. The number of pyridine rings is 1. The molecular weight excluding hydrogens is 494 g/mol. The fourth-order valence-electron chi connectivity index (χ4n) is 4.68. The summed E-state index contributed by atoms with van der Waals surface area (Å²) in [5.41, 5.74) is -2.11. The minimum Gasteiger partial charge on any atom is -0.370 e. The van der Waals surface area contributed by atoms with Crippen LogP contribution in [0.5, 0.6) is 0 Å². The number of aryl methyl sites for hydroxylation is 1. The molecular formula is C25H25F4N5O3. The Bertz CT molecular complexity index is 1440. The second-order valence-electron chi connectivity index (χ2n) is 9.41. The van der Waals surface area contributed by atoms with E-state index in [9.17, 15) is 27.2 Å². The molecule has 3 heterocycles. The third-order valence-corrected chi connectivity index (χ3v) is 6.92. The molecule has 1 aliphatic heterocycles. The van der Waals surface area contributed by atoms with Crippen molar-refractivity contribution in [2.24, 2.45) is 0 Å². The first kappa shape index (κ1) is 25.1. The zero-order valence-electron chi connectivity index (χ0n) is 20.2. The number of benzene rings is 1. The number of fused-ring (bicyclic) bond motifs is 1. The normalized spacial score (nSPS) is 17.9. The van der Waals surface area contributed by atoms with Crippen LogP contribution >= 0.6 is 0 Å². The van der Waals surface area contributed by atoms with Gasteiger partial charge < -0.3 is 19.5 Å². The lowest BCUT2D eigenvalue weighted by molar-refractivity contribution is -0.125. The van der Waals surface area contributed by atoms with Crippen LogP contribution in [0.4, 0.5) is 29.1 Å².